The van der Waals surface area contributed by atoms with Gasteiger partial charge in [-0.3, -0.25) is 5.10 Å². The van der Waals surface area contributed by atoms with Crippen LogP contribution in [0.5, 0.6) is 0 Å². The summed E-state index contributed by atoms with van der Waals surface area (Å²) < 4.78 is 5.33. The number of aromatic amines is 1. The van der Waals surface area contributed by atoms with Gasteiger partial charge in [-0.05, 0) is 17.7 Å². The predicted molar refractivity (Wildman–Crippen MR) is 71.6 cm³/mol. The molecular weight excluding hydrogens is 264 g/mol. The van der Waals surface area contributed by atoms with E-state index in [1.165, 1.54) is 0 Å². The maximum absolute atomic E-state index is 11.5. The maximum atomic E-state index is 11.5. The summed E-state index contributed by atoms with van der Waals surface area (Å²) in [5, 5.41) is 7.32. The number of cyclic esters (lactones) is 1. The quantitative estimate of drug-likeness (QED) is 0.675. The normalized spacial score (nSPS) is 18.7. The molecule has 1 aromatic carbocycles. The second-order valence-corrected chi connectivity index (χ2v) is 4.86. The molecule has 0 aliphatic carbocycles. The number of halogens is 1. The highest BCUT2D eigenvalue weighted by Gasteiger charge is 2.30. The average molecular weight is 275 g/mol. The van der Waals surface area contributed by atoms with E-state index in [-0.39, 0.29) is 12.1 Å². The van der Waals surface area contributed by atoms with Gasteiger partial charge in [-0.2, -0.15) is 5.10 Å². The third-order valence-corrected chi connectivity index (χ3v) is 3.38. The van der Waals surface area contributed by atoms with Gasteiger partial charge in [-0.1, -0.05) is 24.2 Å². The average Bonchev–Trinajstić information content (AvgIpc) is 3.00. The molecule has 1 aliphatic rings. The SMILES string of the molecule is C=C1CC(c2ccc(Cl)cc2-c2cn[nH]c2)OC1=O. The molecule has 1 atom stereocenters. The molecule has 0 amide bonds. The van der Waals surface area contributed by atoms with Crippen LogP contribution in [0.3, 0.4) is 0 Å². The van der Waals surface area contributed by atoms with Crippen LogP contribution in [0.1, 0.15) is 18.1 Å². The number of hydrogen-bond acceptors (Lipinski definition) is 3. The molecule has 0 saturated carbocycles. The van der Waals surface area contributed by atoms with E-state index in [0.717, 1.165) is 16.7 Å². The molecule has 96 valence electrons. The van der Waals surface area contributed by atoms with Gasteiger partial charge in [0.05, 0.1) is 6.20 Å². The van der Waals surface area contributed by atoms with Crippen molar-refractivity contribution in [2.45, 2.75) is 12.5 Å². The first-order valence-corrected chi connectivity index (χ1v) is 6.20. The fraction of sp³-hybridized carbons (Fsp3) is 0.143. The van der Waals surface area contributed by atoms with E-state index in [1.807, 2.05) is 12.1 Å². The number of nitrogens with one attached hydrogen (secondary N) is 1. The molecule has 1 fully saturated rings. The van der Waals surface area contributed by atoms with Gasteiger partial charge >= 0.3 is 5.97 Å². The van der Waals surface area contributed by atoms with Crippen molar-refractivity contribution in [1.82, 2.24) is 10.2 Å². The minimum atomic E-state index is -0.335. The highest BCUT2D eigenvalue weighted by atomic mass is 35.5. The highest BCUT2D eigenvalue weighted by Crippen LogP contribution is 2.38. The van der Waals surface area contributed by atoms with Crippen LogP contribution in [0.15, 0.2) is 42.7 Å². The van der Waals surface area contributed by atoms with Crippen molar-refractivity contribution >= 4 is 17.6 Å². The molecule has 1 aliphatic heterocycles. The topological polar surface area (TPSA) is 55.0 Å². The van der Waals surface area contributed by atoms with Crippen LogP contribution < -0.4 is 0 Å². The number of benzene rings is 1. The molecule has 1 saturated heterocycles. The number of hydrogen-bond donors (Lipinski definition) is 1. The minimum absolute atomic E-state index is 0.304. The zero-order valence-electron chi connectivity index (χ0n) is 10.0. The van der Waals surface area contributed by atoms with Crippen molar-refractivity contribution in [3.05, 3.63) is 53.3 Å². The summed E-state index contributed by atoms with van der Waals surface area (Å²) >= 11 is 6.04. The molecule has 0 bridgehead atoms. The lowest BCUT2D eigenvalue weighted by Crippen LogP contribution is -2.00. The first-order valence-electron chi connectivity index (χ1n) is 5.82. The van der Waals surface area contributed by atoms with E-state index in [0.29, 0.717) is 17.0 Å². The smallest absolute Gasteiger partial charge is 0.334 e. The van der Waals surface area contributed by atoms with Gasteiger partial charge in [0.1, 0.15) is 6.10 Å². The molecule has 1 N–H and O–H groups in total. The Morgan fingerprint density at radius 2 is 2.32 bits per heavy atom. The lowest BCUT2D eigenvalue weighted by molar-refractivity contribution is -0.139. The molecular formula is C14H11ClN2O2. The van der Waals surface area contributed by atoms with Crippen molar-refractivity contribution < 1.29 is 9.53 Å². The van der Waals surface area contributed by atoms with Crippen LogP contribution in [-0.2, 0) is 9.53 Å². The van der Waals surface area contributed by atoms with E-state index in [4.69, 9.17) is 16.3 Å². The second kappa shape index (κ2) is 4.55. The molecule has 0 spiro atoms. The van der Waals surface area contributed by atoms with Gasteiger partial charge < -0.3 is 4.74 Å². The molecule has 2 heterocycles. The molecule has 5 heteroatoms. The second-order valence-electron chi connectivity index (χ2n) is 4.42. The molecule has 2 aromatic rings. The summed E-state index contributed by atoms with van der Waals surface area (Å²) in [6.45, 7) is 3.70. The van der Waals surface area contributed by atoms with Crippen molar-refractivity contribution in [3.8, 4) is 11.1 Å². The first kappa shape index (κ1) is 12.0. The lowest BCUT2D eigenvalue weighted by Gasteiger charge is -2.14. The number of aromatic nitrogens is 2. The zero-order chi connectivity index (χ0) is 13.4. The molecule has 19 heavy (non-hydrogen) atoms. The molecule has 3 rings (SSSR count). The van der Waals surface area contributed by atoms with Gasteiger partial charge in [0.2, 0.25) is 0 Å². The Labute approximate surface area is 115 Å². The van der Waals surface area contributed by atoms with E-state index in [1.54, 1.807) is 18.5 Å². The number of carbonyl (C=O) groups is 1. The van der Waals surface area contributed by atoms with Gasteiger partial charge in [-0.25, -0.2) is 4.79 Å². The summed E-state index contributed by atoms with van der Waals surface area (Å²) in [6.07, 6.45) is 3.69. The Morgan fingerprint density at radius 3 is 2.95 bits per heavy atom. The van der Waals surface area contributed by atoms with Crippen LogP contribution >= 0.6 is 11.6 Å². The van der Waals surface area contributed by atoms with Gasteiger partial charge in [-0.15, -0.1) is 0 Å². The van der Waals surface area contributed by atoms with Crippen molar-refractivity contribution in [2.24, 2.45) is 0 Å². The van der Waals surface area contributed by atoms with Crippen LogP contribution in [0.4, 0.5) is 0 Å². The molecule has 1 aromatic heterocycles. The van der Waals surface area contributed by atoms with E-state index in [2.05, 4.69) is 16.8 Å². The van der Waals surface area contributed by atoms with Crippen molar-refractivity contribution in [3.63, 3.8) is 0 Å². The Hall–Kier alpha value is -2.07. The Balaban J connectivity index is 2.07. The summed E-state index contributed by atoms with van der Waals surface area (Å²) in [7, 11) is 0. The van der Waals surface area contributed by atoms with Crippen LogP contribution in [-0.4, -0.2) is 16.2 Å². The minimum Gasteiger partial charge on any atom is -0.454 e. The Bertz CT molecular complexity index is 633. The van der Waals surface area contributed by atoms with E-state index in [9.17, 15) is 4.79 Å². The number of ether oxygens (including phenoxy) is 1. The van der Waals surface area contributed by atoms with Crippen molar-refractivity contribution in [2.75, 3.05) is 0 Å². The van der Waals surface area contributed by atoms with Crippen molar-refractivity contribution in [1.29, 1.82) is 0 Å². The van der Waals surface area contributed by atoms with E-state index >= 15 is 0 Å². The maximum Gasteiger partial charge on any atom is 0.334 e. The Morgan fingerprint density at radius 1 is 1.47 bits per heavy atom. The molecule has 1 unspecified atom stereocenters. The monoisotopic (exact) mass is 274 g/mol. The summed E-state index contributed by atoms with van der Waals surface area (Å²) in [6, 6.07) is 5.51. The van der Waals surface area contributed by atoms with Crippen LogP contribution in [0, 0.1) is 0 Å². The fourth-order valence-electron chi connectivity index (χ4n) is 2.19. The summed E-state index contributed by atoms with van der Waals surface area (Å²) in [4.78, 5) is 11.5. The number of nitrogens with zero attached hydrogens (tertiary/aromatic N) is 1. The summed E-state index contributed by atoms with van der Waals surface area (Å²) in [5.41, 5.74) is 3.23. The van der Waals surface area contributed by atoms with Crippen LogP contribution in [0.25, 0.3) is 11.1 Å². The number of esters is 1. The van der Waals surface area contributed by atoms with E-state index < -0.39 is 0 Å². The summed E-state index contributed by atoms with van der Waals surface area (Å²) in [5.74, 6) is -0.335. The third kappa shape index (κ3) is 2.15. The van der Waals surface area contributed by atoms with Gasteiger partial charge in [0.25, 0.3) is 0 Å². The number of carbonyl (C=O) groups excluding carboxylic acids is 1. The Kier molecular flexibility index (Phi) is 2.87. The molecule has 0 radical (unpaired) electrons. The third-order valence-electron chi connectivity index (χ3n) is 3.14. The number of H-pyrrole nitrogens is 1. The van der Waals surface area contributed by atoms with Crippen LogP contribution in [0.2, 0.25) is 5.02 Å². The number of rotatable bonds is 2. The fourth-order valence-corrected chi connectivity index (χ4v) is 2.36. The predicted octanol–water partition coefficient (Wildman–Crippen LogP) is 3.27. The molecule has 4 nitrogen and oxygen atoms in total. The zero-order valence-corrected chi connectivity index (χ0v) is 10.8. The van der Waals surface area contributed by atoms with Gasteiger partial charge in [0.15, 0.2) is 0 Å². The first-order chi connectivity index (χ1) is 9.15. The van der Waals surface area contributed by atoms with Gasteiger partial charge in [0, 0.05) is 34.3 Å². The lowest BCUT2D eigenvalue weighted by atomic mass is 9.96. The highest BCUT2D eigenvalue weighted by molar-refractivity contribution is 6.30. The largest absolute Gasteiger partial charge is 0.454 e. The standard InChI is InChI=1S/C14H11ClN2O2/c1-8-4-13(19-14(8)18)11-3-2-10(15)5-12(11)9-6-16-17-7-9/h2-3,5-7,13H,1,4H2,(H,16,17).